The van der Waals surface area contributed by atoms with Crippen molar-refractivity contribution in [1.82, 2.24) is 10.6 Å². The van der Waals surface area contributed by atoms with Gasteiger partial charge in [-0.05, 0) is 18.4 Å². The van der Waals surface area contributed by atoms with Crippen LogP contribution >= 0.6 is 0 Å². The molecule has 5 atom stereocenters. The minimum atomic E-state index is -1.53. The number of aliphatic hydroxyl groups is 4. The summed E-state index contributed by atoms with van der Waals surface area (Å²) in [5.41, 5.74) is 0.901. The number of benzene rings is 1. The lowest BCUT2D eigenvalue weighted by molar-refractivity contribution is -0.236. The van der Waals surface area contributed by atoms with Crippen LogP contribution in [0.1, 0.15) is 31.2 Å². The van der Waals surface area contributed by atoms with E-state index >= 15 is 0 Å². The maximum Gasteiger partial charge on any atom is 0.407 e. The molecule has 30 heavy (non-hydrogen) atoms. The number of alkyl carbamates (subject to hydrolysis) is 1. The highest BCUT2D eigenvalue weighted by Gasteiger charge is 2.43. The molecule has 1 aromatic rings. The highest BCUT2D eigenvalue weighted by atomic mass is 16.6. The van der Waals surface area contributed by atoms with Crippen LogP contribution in [0.25, 0.3) is 0 Å². The number of rotatable bonds is 10. The van der Waals surface area contributed by atoms with Gasteiger partial charge in [-0.3, -0.25) is 4.79 Å². The molecule has 2 rings (SSSR count). The molecule has 0 aliphatic carbocycles. The Kier molecular flexibility index (Phi) is 9.98. The third kappa shape index (κ3) is 7.54. The lowest BCUT2D eigenvalue weighted by Crippen LogP contribution is -2.63. The minimum absolute atomic E-state index is 0.160. The van der Waals surface area contributed by atoms with Crippen molar-refractivity contribution in [2.24, 2.45) is 0 Å². The normalized spacial score (nSPS) is 26.1. The highest BCUT2D eigenvalue weighted by Crippen LogP contribution is 2.19. The lowest BCUT2D eigenvalue weighted by Gasteiger charge is -2.40. The van der Waals surface area contributed by atoms with Gasteiger partial charge in [0, 0.05) is 13.0 Å². The molecule has 1 fully saturated rings. The van der Waals surface area contributed by atoms with Gasteiger partial charge in [-0.2, -0.15) is 0 Å². The first kappa shape index (κ1) is 24.0. The predicted octanol–water partition coefficient (Wildman–Crippen LogP) is -0.611. The van der Waals surface area contributed by atoms with Crippen LogP contribution in [0.3, 0.4) is 0 Å². The number of aliphatic hydroxyl groups excluding tert-OH is 4. The summed E-state index contributed by atoms with van der Waals surface area (Å²) in [6.45, 7) is 0.0604. The summed E-state index contributed by atoms with van der Waals surface area (Å²) in [7, 11) is 0. The van der Waals surface area contributed by atoms with Gasteiger partial charge in [-0.15, -0.1) is 0 Å². The Labute approximate surface area is 174 Å². The van der Waals surface area contributed by atoms with E-state index in [0.29, 0.717) is 25.8 Å². The number of unbranched alkanes of at least 4 members (excludes halogenated alkanes) is 2. The molecule has 1 aliphatic rings. The Morgan fingerprint density at radius 2 is 1.73 bits per heavy atom. The van der Waals surface area contributed by atoms with Gasteiger partial charge >= 0.3 is 6.09 Å². The largest absolute Gasteiger partial charge is 0.445 e. The van der Waals surface area contributed by atoms with E-state index in [1.165, 1.54) is 0 Å². The van der Waals surface area contributed by atoms with Crippen LogP contribution in [0.5, 0.6) is 0 Å². The molecule has 10 heteroatoms. The van der Waals surface area contributed by atoms with Crippen molar-refractivity contribution >= 4 is 12.0 Å². The van der Waals surface area contributed by atoms with E-state index in [1.54, 1.807) is 0 Å². The minimum Gasteiger partial charge on any atom is -0.445 e. The molecule has 10 nitrogen and oxygen atoms in total. The van der Waals surface area contributed by atoms with Crippen LogP contribution in [0.4, 0.5) is 4.79 Å². The van der Waals surface area contributed by atoms with Gasteiger partial charge < -0.3 is 40.5 Å². The number of carbonyl (C=O) groups is 2. The molecule has 1 saturated heterocycles. The van der Waals surface area contributed by atoms with Crippen LogP contribution in [0.15, 0.2) is 30.3 Å². The second-order valence-electron chi connectivity index (χ2n) is 7.12. The second-order valence-corrected chi connectivity index (χ2v) is 7.12. The summed E-state index contributed by atoms with van der Waals surface area (Å²) >= 11 is 0. The van der Waals surface area contributed by atoms with Crippen LogP contribution in [0, 0.1) is 0 Å². The van der Waals surface area contributed by atoms with Gasteiger partial charge in [0.05, 0.1) is 6.61 Å². The maximum atomic E-state index is 12.0. The van der Waals surface area contributed by atoms with Crippen LogP contribution in [-0.2, 0) is 20.9 Å². The zero-order valence-corrected chi connectivity index (χ0v) is 16.6. The fourth-order valence-corrected chi connectivity index (χ4v) is 3.00. The number of carbonyl (C=O) groups excluding carboxylic acids is 2. The Balaban J connectivity index is 1.55. The molecule has 5 unspecified atom stereocenters. The van der Waals surface area contributed by atoms with Crippen molar-refractivity contribution in [3.8, 4) is 0 Å². The van der Waals surface area contributed by atoms with E-state index in [1.807, 2.05) is 30.3 Å². The number of hydrogen-bond donors (Lipinski definition) is 6. The molecule has 0 saturated carbocycles. The fraction of sp³-hybridized carbons (Fsp3) is 0.600. The smallest absolute Gasteiger partial charge is 0.407 e. The second kappa shape index (κ2) is 12.5. The number of hydrogen-bond acceptors (Lipinski definition) is 8. The molecule has 0 aromatic heterocycles. The Bertz CT molecular complexity index is 657. The number of nitrogens with one attached hydrogen (secondary N) is 2. The van der Waals surface area contributed by atoms with Gasteiger partial charge in [0.15, 0.2) is 6.23 Å². The topological polar surface area (TPSA) is 158 Å². The van der Waals surface area contributed by atoms with Crippen LogP contribution < -0.4 is 10.6 Å². The van der Waals surface area contributed by atoms with Gasteiger partial charge in [0.1, 0.15) is 31.0 Å². The Morgan fingerprint density at radius 3 is 2.43 bits per heavy atom. The van der Waals surface area contributed by atoms with E-state index in [4.69, 9.17) is 14.6 Å². The monoisotopic (exact) mass is 426 g/mol. The Morgan fingerprint density at radius 1 is 1.00 bits per heavy atom. The first-order valence-electron chi connectivity index (χ1n) is 9.96. The summed E-state index contributed by atoms with van der Waals surface area (Å²) < 4.78 is 10.3. The molecule has 168 valence electrons. The molecular formula is C20H30N2O8. The SMILES string of the molecule is O=C(CCCCCNC(=O)OCc1ccccc1)NC1OC(CO)C(O)C(O)C1O. The molecule has 0 radical (unpaired) electrons. The Hall–Kier alpha value is -2.24. The van der Waals surface area contributed by atoms with Crippen molar-refractivity contribution in [1.29, 1.82) is 0 Å². The van der Waals surface area contributed by atoms with E-state index in [-0.39, 0.29) is 13.0 Å². The summed E-state index contributed by atoms with van der Waals surface area (Å²) in [6, 6.07) is 9.34. The highest BCUT2D eigenvalue weighted by molar-refractivity contribution is 5.76. The quantitative estimate of drug-likeness (QED) is 0.271. The fourth-order valence-electron chi connectivity index (χ4n) is 3.00. The van der Waals surface area contributed by atoms with Crippen LogP contribution in [0.2, 0.25) is 0 Å². The first-order valence-corrected chi connectivity index (χ1v) is 9.96. The summed E-state index contributed by atoms with van der Waals surface area (Å²) in [4.78, 5) is 23.6. The maximum absolute atomic E-state index is 12.0. The van der Waals surface area contributed by atoms with E-state index in [2.05, 4.69) is 10.6 Å². The van der Waals surface area contributed by atoms with Crippen molar-refractivity contribution in [3.63, 3.8) is 0 Å². The number of ether oxygens (including phenoxy) is 2. The summed E-state index contributed by atoms with van der Waals surface area (Å²) in [5, 5.41) is 43.6. The van der Waals surface area contributed by atoms with E-state index in [9.17, 15) is 24.9 Å². The molecule has 6 N–H and O–H groups in total. The molecule has 2 amide bonds. The first-order chi connectivity index (χ1) is 14.4. The van der Waals surface area contributed by atoms with Gasteiger partial charge in [0.25, 0.3) is 0 Å². The van der Waals surface area contributed by atoms with E-state index in [0.717, 1.165) is 5.56 Å². The molecule has 1 aliphatic heterocycles. The van der Waals surface area contributed by atoms with E-state index < -0.39 is 49.3 Å². The lowest BCUT2D eigenvalue weighted by atomic mass is 9.98. The standard InChI is InChI=1S/C20H30N2O8/c23-11-14-16(25)17(26)18(27)19(30-14)22-15(24)9-5-2-6-10-21-20(28)29-12-13-7-3-1-4-8-13/h1,3-4,7-8,14,16-19,23,25-27H,2,5-6,9-12H2,(H,21,28)(H,22,24). The van der Waals surface area contributed by atoms with Gasteiger partial charge in [-0.1, -0.05) is 36.8 Å². The molecule has 1 heterocycles. The van der Waals surface area contributed by atoms with Crippen molar-refractivity contribution in [2.45, 2.75) is 62.9 Å². The van der Waals surface area contributed by atoms with Gasteiger partial charge in [-0.25, -0.2) is 4.79 Å². The molecule has 0 spiro atoms. The molecule has 0 bridgehead atoms. The summed E-state index contributed by atoms with van der Waals surface area (Å²) in [5.74, 6) is -0.394. The van der Waals surface area contributed by atoms with Crippen molar-refractivity contribution in [2.75, 3.05) is 13.2 Å². The predicted molar refractivity (Wildman–Crippen MR) is 105 cm³/mol. The number of amides is 2. The zero-order valence-electron chi connectivity index (χ0n) is 16.6. The third-order valence-corrected chi connectivity index (χ3v) is 4.76. The zero-order chi connectivity index (χ0) is 21.9. The summed E-state index contributed by atoms with van der Waals surface area (Å²) in [6.07, 6.45) is -5.24. The molecular weight excluding hydrogens is 396 g/mol. The van der Waals surface area contributed by atoms with Crippen molar-refractivity contribution < 1.29 is 39.5 Å². The average molecular weight is 426 g/mol. The third-order valence-electron chi connectivity index (χ3n) is 4.76. The average Bonchev–Trinajstić information content (AvgIpc) is 2.75. The molecule has 1 aromatic carbocycles. The van der Waals surface area contributed by atoms with Gasteiger partial charge in [0.2, 0.25) is 5.91 Å². The van der Waals surface area contributed by atoms with Crippen LogP contribution in [-0.4, -0.2) is 76.2 Å². The van der Waals surface area contributed by atoms with Crippen molar-refractivity contribution in [3.05, 3.63) is 35.9 Å².